The molecule has 4 rings (SSSR count). The number of para-hydroxylation sites is 1. The quantitative estimate of drug-likeness (QED) is 0.649. The molecule has 0 radical (unpaired) electrons. The number of aromatic nitrogens is 1. The fraction of sp³-hybridized carbons (Fsp3) is 0.364. The van der Waals surface area contributed by atoms with E-state index in [1.54, 1.807) is 11.3 Å². The predicted octanol–water partition coefficient (Wildman–Crippen LogP) is 5.66. The highest BCUT2D eigenvalue weighted by Gasteiger charge is 2.23. The maximum atomic E-state index is 13.1. The normalized spacial score (nSPS) is 16.5. The Bertz CT molecular complexity index is 898. The Morgan fingerprint density at radius 3 is 2.73 bits per heavy atom. The van der Waals surface area contributed by atoms with Gasteiger partial charge in [-0.25, -0.2) is 4.98 Å². The SMILES string of the molecule is C[C@H](NC(=O)c1cc(-c2cccs2)nc2ccccc12)C1CCCCC1. The Kier molecular flexibility index (Phi) is 5.02. The van der Waals surface area contributed by atoms with Gasteiger partial charge in [-0.2, -0.15) is 0 Å². The van der Waals surface area contributed by atoms with E-state index in [1.165, 1.54) is 32.1 Å². The number of benzene rings is 1. The van der Waals surface area contributed by atoms with Crippen molar-refractivity contribution in [2.75, 3.05) is 0 Å². The van der Waals surface area contributed by atoms with Crippen molar-refractivity contribution in [3.05, 3.63) is 53.4 Å². The number of fused-ring (bicyclic) bond motifs is 1. The van der Waals surface area contributed by atoms with E-state index in [2.05, 4.69) is 12.2 Å². The summed E-state index contributed by atoms with van der Waals surface area (Å²) >= 11 is 1.65. The highest BCUT2D eigenvalue weighted by atomic mass is 32.1. The van der Waals surface area contributed by atoms with Crippen LogP contribution in [-0.2, 0) is 0 Å². The van der Waals surface area contributed by atoms with Crippen LogP contribution in [0.15, 0.2) is 47.8 Å². The Labute approximate surface area is 158 Å². The number of carbonyl (C=O) groups excluding carboxylic acids is 1. The molecular weight excluding hydrogens is 340 g/mol. The van der Waals surface area contributed by atoms with Crippen LogP contribution < -0.4 is 5.32 Å². The van der Waals surface area contributed by atoms with E-state index in [0.717, 1.165) is 27.0 Å². The Balaban J connectivity index is 1.66. The molecule has 0 aliphatic heterocycles. The van der Waals surface area contributed by atoms with Crippen molar-refractivity contribution < 1.29 is 4.79 Å². The van der Waals surface area contributed by atoms with Crippen LogP contribution in [-0.4, -0.2) is 16.9 Å². The van der Waals surface area contributed by atoms with Crippen molar-refractivity contribution in [3.8, 4) is 10.6 Å². The van der Waals surface area contributed by atoms with E-state index in [0.29, 0.717) is 5.92 Å². The first-order valence-electron chi connectivity index (χ1n) is 9.47. The summed E-state index contributed by atoms with van der Waals surface area (Å²) in [6, 6.07) is 14.1. The van der Waals surface area contributed by atoms with Crippen molar-refractivity contribution in [3.63, 3.8) is 0 Å². The van der Waals surface area contributed by atoms with Crippen LogP contribution in [0.3, 0.4) is 0 Å². The lowest BCUT2D eigenvalue weighted by Crippen LogP contribution is -2.39. The molecule has 1 aliphatic carbocycles. The van der Waals surface area contributed by atoms with E-state index in [9.17, 15) is 4.79 Å². The van der Waals surface area contributed by atoms with Crippen LogP contribution in [0.1, 0.15) is 49.4 Å². The second-order valence-corrected chi connectivity index (χ2v) is 8.16. The molecule has 0 unspecified atom stereocenters. The fourth-order valence-corrected chi connectivity index (χ4v) is 4.64. The molecule has 3 aromatic rings. The number of nitrogens with one attached hydrogen (secondary N) is 1. The summed E-state index contributed by atoms with van der Waals surface area (Å²) in [5, 5.41) is 6.22. The Morgan fingerprint density at radius 2 is 1.96 bits per heavy atom. The molecule has 0 bridgehead atoms. The third kappa shape index (κ3) is 3.51. The summed E-state index contributed by atoms with van der Waals surface area (Å²) in [6.45, 7) is 2.15. The predicted molar refractivity (Wildman–Crippen MR) is 109 cm³/mol. The molecule has 1 aliphatic rings. The van der Waals surface area contributed by atoms with Crippen molar-refractivity contribution in [2.24, 2.45) is 5.92 Å². The number of hydrogen-bond acceptors (Lipinski definition) is 3. The van der Waals surface area contributed by atoms with Gasteiger partial charge in [0.05, 0.1) is 21.7 Å². The van der Waals surface area contributed by atoms with Gasteiger partial charge in [0, 0.05) is 11.4 Å². The molecule has 2 aromatic heterocycles. The first-order chi connectivity index (χ1) is 12.7. The number of pyridine rings is 1. The monoisotopic (exact) mass is 364 g/mol. The molecule has 1 saturated carbocycles. The van der Waals surface area contributed by atoms with E-state index in [4.69, 9.17) is 4.98 Å². The minimum atomic E-state index is 0.0134. The number of thiophene rings is 1. The van der Waals surface area contributed by atoms with Gasteiger partial charge in [0.15, 0.2) is 0 Å². The molecule has 3 nitrogen and oxygen atoms in total. The standard InChI is InChI=1S/C22H24N2OS/c1-15(16-8-3-2-4-9-16)23-22(25)18-14-20(21-12-7-13-26-21)24-19-11-6-5-10-17(18)19/h5-7,10-16H,2-4,8-9H2,1H3,(H,23,25)/t15-/m0/s1. The largest absolute Gasteiger partial charge is 0.349 e. The van der Waals surface area contributed by atoms with Crippen molar-refractivity contribution in [1.29, 1.82) is 0 Å². The summed E-state index contributed by atoms with van der Waals surface area (Å²) in [4.78, 5) is 18.9. The van der Waals surface area contributed by atoms with Crippen LogP contribution in [0, 0.1) is 5.92 Å². The summed E-state index contributed by atoms with van der Waals surface area (Å²) in [5.41, 5.74) is 2.46. The summed E-state index contributed by atoms with van der Waals surface area (Å²) in [5.74, 6) is 0.608. The molecule has 1 fully saturated rings. The molecule has 1 aromatic carbocycles. The third-order valence-corrected chi connectivity index (χ3v) is 6.34. The molecule has 2 heterocycles. The molecular formula is C22H24N2OS. The zero-order chi connectivity index (χ0) is 17.9. The zero-order valence-corrected chi connectivity index (χ0v) is 15.9. The molecule has 1 amide bonds. The van der Waals surface area contributed by atoms with Crippen molar-refractivity contribution in [1.82, 2.24) is 10.3 Å². The van der Waals surface area contributed by atoms with Gasteiger partial charge >= 0.3 is 0 Å². The van der Waals surface area contributed by atoms with Gasteiger partial charge in [-0.15, -0.1) is 11.3 Å². The molecule has 4 heteroatoms. The van der Waals surface area contributed by atoms with Gasteiger partial charge < -0.3 is 5.32 Å². The number of rotatable bonds is 4. The van der Waals surface area contributed by atoms with Gasteiger partial charge in [-0.05, 0) is 49.3 Å². The van der Waals surface area contributed by atoms with Crippen LogP contribution in [0.2, 0.25) is 0 Å². The topological polar surface area (TPSA) is 42.0 Å². The molecule has 26 heavy (non-hydrogen) atoms. The number of hydrogen-bond donors (Lipinski definition) is 1. The van der Waals surface area contributed by atoms with Gasteiger partial charge in [-0.3, -0.25) is 4.79 Å². The van der Waals surface area contributed by atoms with Gasteiger partial charge in [0.2, 0.25) is 0 Å². The second kappa shape index (κ2) is 7.58. The maximum absolute atomic E-state index is 13.1. The first kappa shape index (κ1) is 17.2. The number of carbonyl (C=O) groups is 1. The summed E-state index contributed by atoms with van der Waals surface area (Å²) in [6.07, 6.45) is 6.34. The first-order valence-corrected chi connectivity index (χ1v) is 10.3. The minimum absolute atomic E-state index is 0.0134. The minimum Gasteiger partial charge on any atom is -0.349 e. The fourth-order valence-electron chi connectivity index (χ4n) is 3.95. The number of nitrogens with zero attached hydrogens (tertiary/aromatic N) is 1. The average molecular weight is 365 g/mol. The lowest BCUT2D eigenvalue weighted by atomic mass is 9.84. The number of amides is 1. The maximum Gasteiger partial charge on any atom is 0.252 e. The molecule has 0 spiro atoms. The van der Waals surface area contributed by atoms with Crippen LogP contribution in [0.4, 0.5) is 0 Å². The summed E-state index contributed by atoms with van der Waals surface area (Å²) in [7, 11) is 0. The summed E-state index contributed by atoms with van der Waals surface area (Å²) < 4.78 is 0. The smallest absolute Gasteiger partial charge is 0.252 e. The van der Waals surface area contributed by atoms with Crippen LogP contribution in [0.5, 0.6) is 0 Å². The van der Waals surface area contributed by atoms with Gasteiger partial charge in [-0.1, -0.05) is 43.5 Å². The molecule has 1 N–H and O–H groups in total. The van der Waals surface area contributed by atoms with Crippen molar-refractivity contribution in [2.45, 2.75) is 45.1 Å². The Morgan fingerprint density at radius 1 is 1.15 bits per heavy atom. The van der Waals surface area contributed by atoms with E-state index < -0.39 is 0 Å². The third-order valence-electron chi connectivity index (χ3n) is 5.45. The highest BCUT2D eigenvalue weighted by molar-refractivity contribution is 7.13. The Hall–Kier alpha value is -2.20. The molecule has 1 atom stereocenters. The molecule has 0 saturated heterocycles. The van der Waals surface area contributed by atoms with E-state index in [-0.39, 0.29) is 11.9 Å². The van der Waals surface area contributed by atoms with Crippen LogP contribution >= 0.6 is 11.3 Å². The van der Waals surface area contributed by atoms with Gasteiger partial charge in [0.1, 0.15) is 0 Å². The van der Waals surface area contributed by atoms with Crippen molar-refractivity contribution >= 4 is 28.1 Å². The zero-order valence-electron chi connectivity index (χ0n) is 15.1. The van der Waals surface area contributed by atoms with E-state index in [1.807, 2.05) is 47.8 Å². The van der Waals surface area contributed by atoms with E-state index >= 15 is 0 Å². The molecule has 134 valence electrons. The van der Waals surface area contributed by atoms with Crippen LogP contribution in [0.25, 0.3) is 21.5 Å². The second-order valence-electron chi connectivity index (χ2n) is 7.21. The average Bonchev–Trinajstić information content (AvgIpc) is 3.22. The highest BCUT2D eigenvalue weighted by Crippen LogP contribution is 2.29. The lowest BCUT2D eigenvalue weighted by molar-refractivity contribution is 0.0921. The van der Waals surface area contributed by atoms with Gasteiger partial charge in [0.25, 0.3) is 5.91 Å². The lowest BCUT2D eigenvalue weighted by Gasteiger charge is -2.28.